The molecular weight excluding hydrogens is 590 g/mol. The largest absolute Gasteiger partial charge is 0.573 e. The van der Waals surface area contributed by atoms with E-state index in [-0.39, 0.29) is 23.5 Å². The van der Waals surface area contributed by atoms with Gasteiger partial charge in [-0.3, -0.25) is 14.4 Å². The Hall–Kier alpha value is -3.89. The Bertz CT molecular complexity index is 1410. The summed E-state index contributed by atoms with van der Waals surface area (Å²) in [6.45, 7) is 2.11. The first kappa shape index (κ1) is 31.6. The van der Waals surface area contributed by atoms with Gasteiger partial charge in [0.25, 0.3) is 10.0 Å². The van der Waals surface area contributed by atoms with Crippen molar-refractivity contribution in [3.63, 3.8) is 0 Å². The number of rotatable bonds is 8. The minimum Gasteiger partial charge on any atom is -0.486 e. The Labute approximate surface area is 229 Å². The van der Waals surface area contributed by atoms with Gasteiger partial charge < -0.3 is 19.3 Å². The summed E-state index contributed by atoms with van der Waals surface area (Å²) in [6, 6.07) is 6.92. The Morgan fingerprint density at radius 2 is 1.78 bits per heavy atom. The number of fused-ring (bicyclic) bond motifs is 1. The molecule has 0 saturated carbocycles. The Morgan fingerprint density at radius 1 is 1.12 bits per heavy atom. The molecule has 2 unspecified atom stereocenters. The molecular formula is C24H24F6N2O8S. The van der Waals surface area contributed by atoms with Crippen LogP contribution >= 0.6 is 0 Å². The van der Waals surface area contributed by atoms with Crippen LogP contribution in [0.3, 0.4) is 0 Å². The topological polar surface area (TPSA) is 131 Å². The van der Waals surface area contributed by atoms with Crippen molar-refractivity contribution in [2.45, 2.75) is 56.3 Å². The van der Waals surface area contributed by atoms with E-state index in [9.17, 15) is 49.5 Å². The van der Waals surface area contributed by atoms with E-state index in [1.54, 1.807) is 0 Å². The van der Waals surface area contributed by atoms with Gasteiger partial charge in [-0.2, -0.15) is 13.2 Å². The molecule has 0 fully saturated rings. The molecule has 0 radical (unpaired) electrons. The Morgan fingerprint density at radius 3 is 2.37 bits per heavy atom. The van der Waals surface area contributed by atoms with Crippen LogP contribution in [0.1, 0.15) is 27.2 Å². The first-order valence-corrected chi connectivity index (χ1v) is 13.1. The smallest absolute Gasteiger partial charge is 0.486 e. The molecule has 2 atom stereocenters. The van der Waals surface area contributed by atoms with Gasteiger partial charge >= 0.3 is 24.6 Å². The van der Waals surface area contributed by atoms with Crippen LogP contribution in [0.15, 0.2) is 47.4 Å². The number of halogens is 6. The highest BCUT2D eigenvalue weighted by Gasteiger charge is 2.51. The monoisotopic (exact) mass is 614 g/mol. The number of nitrogens with zero attached hydrogens (tertiary/aromatic N) is 1. The fourth-order valence-corrected chi connectivity index (χ4v) is 5.16. The zero-order chi connectivity index (χ0) is 31.0. The number of nitrogens with one attached hydrogen (secondary N) is 1. The summed E-state index contributed by atoms with van der Waals surface area (Å²) in [5.74, 6) is -3.10. The molecule has 0 aliphatic carbocycles. The number of amides is 1. The van der Waals surface area contributed by atoms with Crippen molar-refractivity contribution >= 4 is 33.5 Å². The van der Waals surface area contributed by atoms with Crippen LogP contribution in [-0.4, -0.2) is 56.4 Å². The van der Waals surface area contributed by atoms with Crippen LogP contribution in [0.4, 0.5) is 42.5 Å². The maximum Gasteiger partial charge on any atom is 0.573 e. The van der Waals surface area contributed by atoms with E-state index in [1.807, 2.05) is 0 Å². The summed E-state index contributed by atoms with van der Waals surface area (Å²) in [6.07, 6.45) is -12.7. The normalized spacial score (nSPS) is 16.7. The van der Waals surface area contributed by atoms with E-state index < -0.39 is 69.4 Å². The van der Waals surface area contributed by atoms with Crippen molar-refractivity contribution in [3.05, 3.63) is 42.5 Å². The number of hydrogen-bond acceptors (Lipinski definition) is 7. The van der Waals surface area contributed by atoms with E-state index in [1.165, 1.54) is 19.1 Å². The molecule has 41 heavy (non-hydrogen) atoms. The standard InChI is InChI=1S/C24H24F6N2O8S/c1-13(20(33)34)9-16-12-32(41(36,37)17-6-4-5-15(11-17)39-24(28,29)30)18-10-14(7-8-19(18)38-16)31-21(35)40-22(2,3)23(25,26)27/h4-8,10-11,13,16H,9,12H2,1-3H3,(H,31,35)(H,33,34). The lowest BCUT2D eigenvalue weighted by Gasteiger charge is -2.36. The molecule has 10 nitrogen and oxygen atoms in total. The molecule has 0 aromatic heterocycles. The predicted octanol–water partition coefficient (Wildman–Crippen LogP) is 5.54. The average molecular weight is 615 g/mol. The molecule has 1 heterocycles. The van der Waals surface area contributed by atoms with Crippen molar-refractivity contribution < 1.29 is 63.7 Å². The van der Waals surface area contributed by atoms with Gasteiger partial charge in [-0.1, -0.05) is 13.0 Å². The van der Waals surface area contributed by atoms with Crippen LogP contribution in [0.25, 0.3) is 0 Å². The van der Waals surface area contributed by atoms with Crippen LogP contribution in [-0.2, 0) is 19.6 Å². The molecule has 2 aromatic rings. The maximum atomic E-state index is 13.6. The van der Waals surface area contributed by atoms with E-state index in [2.05, 4.69) is 14.8 Å². The predicted molar refractivity (Wildman–Crippen MR) is 130 cm³/mol. The van der Waals surface area contributed by atoms with Gasteiger partial charge in [0.2, 0.25) is 5.60 Å². The number of ether oxygens (including phenoxy) is 3. The first-order chi connectivity index (χ1) is 18.7. The number of anilines is 2. The lowest BCUT2D eigenvalue weighted by Crippen LogP contribution is -2.45. The van der Waals surface area contributed by atoms with Gasteiger partial charge in [-0.25, -0.2) is 13.2 Å². The van der Waals surface area contributed by atoms with E-state index in [0.29, 0.717) is 19.9 Å². The molecule has 0 bridgehead atoms. The van der Waals surface area contributed by atoms with Gasteiger partial charge in [0.15, 0.2) is 0 Å². The third-order valence-electron chi connectivity index (χ3n) is 5.83. The van der Waals surface area contributed by atoms with Crippen molar-refractivity contribution in [1.29, 1.82) is 0 Å². The quantitative estimate of drug-likeness (QED) is 0.371. The number of carbonyl (C=O) groups is 2. The first-order valence-electron chi connectivity index (χ1n) is 11.7. The van der Waals surface area contributed by atoms with Gasteiger partial charge in [-0.05, 0) is 50.6 Å². The number of carbonyl (C=O) groups excluding carboxylic acids is 1. The summed E-state index contributed by atoms with van der Waals surface area (Å²) in [5.41, 5.74) is -3.30. The Kier molecular flexibility index (Phi) is 8.62. The SMILES string of the molecule is CC(CC1CN(S(=O)(=O)c2cccc(OC(F)(F)F)c2)c2cc(NC(=O)OC(C)(C)C(F)(F)F)ccc2O1)C(=O)O. The molecule has 0 spiro atoms. The number of benzene rings is 2. The molecule has 3 rings (SSSR count). The minimum absolute atomic E-state index is 0.111. The number of alkyl halides is 6. The number of carboxylic acids is 1. The van der Waals surface area contributed by atoms with E-state index in [4.69, 9.17) is 4.74 Å². The van der Waals surface area contributed by atoms with Crippen LogP contribution < -0.4 is 19.1 Å². The zero-order valence-corrected chi connectivity index (χ0v) is 22.4. The maximum absolute atomic E-state index is 13.6. The summed E-state index contributed by atoms with van der Waals surface area (Å²) < 4.78 is 119. The molecule has 0 saturated heterocycles. The summed E-state index contributed by atoms with van der Waals surface area (Å²) in [5, 5.41) is 11.3. The van der Waals surface area contributed by atoms with Crippen LogP contribution in [0.5, 0.6) is 11.5 Å². The average Bonchev–Trinajstić information content (AvgIpc) is 2.81. The molecule has 1 aliphatic rings. The molecule has 1 aliphatic heterocycles. The van der Waals surface area contributed by atoms with Crippen molar-refractivity contribution in [3.8, 4) is 11.5 Å². The molecule has 226 valence electrons. The molecule has 2 aromatic carbocycles. The van der Waals surface area contributed by atoms with Gasteiger partial charge in [0.05, 0.1) is 23.0 Å². The minimum atomic E-state index is -5.11. The van der Waals surface area contributed by atoms with Crippen molar-refractivity contribution in [1.82, 2.24) is 0 Å². The van der Waals surface area contributed by atoms with Gasteiger partial charge in [-0.15, -0.1) is 13.2 Å². The second-order valence-corrected chi connectivity index (χ2v) is 11.3. The number of carboxylic acid groups (broad SMARTS) is 1. The lowest BCUT2D eigenvalue weighted by atomic mass is 10.0. The second-order valence-electron chi connectivity index (χ2n) is 9.48. The molecule has 1 amide bonds. The highest BCUT2D eigenvalue weighted by Crippen LogP contribution is 2.41. The third kappa shape index (κ3) is 7.65. The fourth-order valence-electron chi connectivity index (χ4n) is 3.63. The van der Waals surface area contributed by atoms with Crippen molar-refractivity contribution in [2.24, 2.45) is 5.92 Å². The zero-order valence-electron chi connectivity index (χ0n) is 21.5. The highest BCUT2D eigenvalue weighted by molar-refractivity contribution is 7.92. The van der Waals surface area contributed by atoms with Gasteiger partial charge in [0.1, 0.15) is 17.6 Å². The van der Waals surface area contributed by atoms with E-state index >= 15 is 0 Å². The second kappa shape index (κ2) is 11.2. The van der Waals surface area contributed by atoms with E-state index in [0.717, 1.165) is 28.6 Å². The highest BCUT2D eigenvalue weighted by atomic mass is 32.2. The summed E-state index contributed by atoms with van der Waals surface area (Å²) in [4.78, 5) is 22.9. The third-order valence-corrected chi connectivity index (χ3v) is 7.61. The summed E-state index contributed by atoms with van der Waals surface area (Å²) in [7, 11) is -4.67. The van der Waals surface area contributed by atoms with Crippen LogP contribution in [0.2, 0.25) is 0 Å². The number of sulfonamides is 1. The lowest BCUT2D eigenvalue weighted by molar-refractivity contribution is -0.274. The number of aliphatic carboxylic acids is 1. The fraction of sp³-hybridized carbons (Fsp3) is 0.417. The number of hydrogen-bond donors (Lipinski definition) is 2. The Balaban J connectivity index is 2.01. The van der Waals surface area contributed by atoms with Gasteiger partial charge in [0, 0.05) is 11.8 Å². The molecule has 17 heteroatoms. The molecule has 2 N–H and O–H groups in total. The van der Waals surface area contributed by atoms with Crippen molar-refractivity contribution in [2.75, 3.05) is 16.2 Å². The summed E-state index contributed by atoms with van der Waals surface area (Å²) >= 11 is 0. The van der Waals surface area contributed by atoms with Crippen LogP contribution in [0, 0.1) is 5.92 Å².